The van der Waals surface area contributed by atoms with Crippen molar-refractivity contribution in [2.24, 2.45) is 5.16 Å². The fourth-order valence-corrected chi connectivity index (χ4v) is 3.59. The third-order valence-electron chi connectivity index (χ3n) is 3.88. The Labute approximate surface area is 177 Å². The Bertz CT molecular complexity index is 958. The second-order valence-corrected chi connectivity index (χ2v) is 7.51. The molecule has 0 fully saturated rings. The highest BCUT2D eigenvalue weighted by molar-refractivity contribution is 6.37. The molecule has 0 saturated heterocycles. The van der Waals surface area contributed by atoms with Gasteiger partial charge in [-0.25, -0.2) is 4.98 Å². The van der Waals surface area contributed by atoms with Gasteiger partial charge in [0.1, 0.15) is 0 Å². The number of halogens is 4. The van der Waals surface area contributed by atoms with E-state index in [0.717, 1.165) is 11.1 Å². The number of nitrogens with zero attached hydrogens (tertiary/aromatic N) is 3. The fourth-order valence-electron chi connectivity index (χ4n) is 2.51. The third-order valence-corrected chi connectivity index (χ3v) is 4.99. The molecule has 1 aromatic heterocycles. The van der Waals surface area contributed by atoms with Crippen molar-refractivity contribution >= 4 is 52.1 Å². The van der Waals surface area contributed by atoms with Gasteiger partial charge in [0.2, 0.25) is 0 Å². The molecule has 4 nitrogen and oxygen atoms in total. The Balaban J connectivity index is 1.88. The number of rotatable bonds is 6. The molecule has 140 valence electrons. The molecule has 0 amide bonds. The van der Waals surface area contributed by atoms with E-state index >= 15 is 0 Å². The normalized spacial score (nSPS) is 12.9. The van der Waals surface area contributed by atoms with Crippen LogP contribution in [0.5, 0.6) is 0 Å². The summed E-state index contributed by atoms with van der Waals surface area (Å²) in [5.41, 5.74) is 2.13. The lowest BCUT2D eigenvalue weighted by Crippen LogP contribution is -2.11. The van der Waals surface area contributed by atoms with Crippen LogP contribution in [0, 0.1) is 0 Å². The van der Waals surface area contributed by atoms with Crippen LogP contribution in [0.15, 0.2) is 60.3 Å². The first-order valence-corrected chi connectivity index (χ1v) is 9.52. The summed E-state index contributed by atoms with van der Waals surface area (Å²) in [4.78, 5) is 9.90. The number of hydrogen-bond donors (Lipinski definition) is 0. The topological polar surface area (TPSA) is 39.4 Å². The van der Waals surface area contributed by atoms with Crippen LogP contribution in [0.1, 0.15) is 24.2 Å². The SMILES string of the molecule is C/C(=N/OC(Cn1ccnc1)c1ccc(Cl)cc1Cl)c1ccc(Cl)cc1Cl. The van der Waals surface area contributed by atoms with Gasteiger partial charge >= 0.3 is 0 Å². The molecule has 0 saturated carbocycles. The fraction of sp³-hybridized carbons (Fsp3) is 0.158. The summed E-state index contributed by atoms with van der Waals surface area (Å²) in [6.45, 7) is 2.29. The monoisotopic (exact) mass is 441 g/mol. The van der Waals surface area contributed by atoms with Crippen molar-refractivity contribution in [1.82, 2.24) is 9.55 Å². The quantitative estimate of drug-likeness (QED) is 0.315. The van der Waals surface area contributed by atoms with Crippen LogP contribution in [0.25, 0.3) is 0 Å². The van der Waals surface area contributed by atoms with Crippen molar-refractivity contribution in [3.63, 3.8) is 0 Å². The average Bonchev–Trinajstić information content (AvgIpc) is 3.12. The lowest BCUT2D eigenvalue weighted by Gasteiger charge is -2.18. The van der Waals surface area contributed by atoms with Gasteiger partial charge in [-0.2, -0.15) is 0 Å². The van der Waals surface area contributed by atoms with E-state index in [4.69, 9.17) is 51.2 Å². The number of hydrogen-bond acceptors (Lipinski definition) is 3. The highest BCUT2D eigenvalue weighted by atomic mass is 35.5. The van der Waals surface area contributed by atoms with Gasteiger partial charge in [-0.3, -0.25) is 0 Å². The van der Waals surface area contributed by atoms with Gasteiger partial charge in [0.25, 0.3) is 0 Å². The van der Waals surface area contributed by atoms with Gasteiger partial charge in [0.05, 0.1) is 23.6 Å². The van der Waals surface area contributed by atoms with Crippen LogP contribution in [-0.2, 0) is 11.4 Å². The predicted molar refractivity (Wildman–Crippen MR) is 111 cm³/mol. The van der Waals surface area contributed by atoms with Crippen LogP contribution in [-0.4, -0.2) is 15.3 Å². The number of benzene rings is 2. The molecule has 0 bridgehead atoms. The summed E-state index contributed by atoms with van der Waals surface area (Å²) in [6, 6.07) is 10.5. The number of imidazole rings is 1. The zero-order valence-corrected chi connectivity index (χ0v) is 17.3. The van der Waals surface area contributed by atoms with E-state index in [-0.39, 0.29) is 0 Å². The predicted octanol–water partition coefficient (Wildman–Crippen LogP) is 6.68. The molecule has 3 aromatic rings. The molecule has 1 atom stereocenters. The Morgan fingerprint density at radius 1 is 1.07 bits per heavy atom. The van der Waals surface area contributed by atoms with E-state index in [9.17, 15) is 0 Å². The van der Waals surface area contributed by atoms with Crippen molar-refractivity contribution in [2.75, 3.05) is 0 Å². The van der Waals surface area contributed by atoms with E-state index in [1.807, 2.05) is 23.8 Å². The molecule has 0 spiro atoms. The minimum atomic E-state index is -0.440. The summed E-state index contributed by atoms with van der Waals surface area (Å²) < 4.78 is 1.88. The van der Waals surface area contributed by atoms with Crippen LogP contribution in [0.2, 0.25) is 20.1 Å². The largest absolute Gasteiger partial charge is 0.385 e. The van der Waals surface area contributed by atoms with Crippen molar-refractivity contribution in [1.29, 1.82) is 0 Å². The zero-order valence-electron chi connectivity index (χ0n) is 14.2. The maximum atomic E-state index is 6.37. The Kier molecular flexibility index (Phi) is 6.66. The first kappa shape index (κ1) is 20.0. The third kappa shape index (κ3) is 5.17. The minimum Gasteiger partial charge on any atom is -0.385 e. The highest BCUT2D eigenvalue weighted by Crippen LogP contribution is 2.30. The second-order valence-electron chi connectivity index (χ2n) is 5.82. The summed E-state index contributed by atoms with van der Waals surface area (Å²) in [6.07, 6.45) is 4.80. The van der Waals surface area contributed by atoms with E-state index in [2.05, 4.69) is 10.1 Å². The standard InChI is InChI=1S/C19H15Cl4N3O/c1-12(15-4-2-13(20)8-17(15)22)25-27-19(10-26-7-6-24-11-26)16-5-3-14(21)9-18(16)23/h2-9,11,19H,10H2,1H3/b25-12-. The molecule has 0 N–H and O–H groups in total. The van der Waals surface area contributed by atoms with Gasteiger partial charge in [-0.1, -0.05) is 63.7 Å². The molecular formula is C19H15Cl4N3O. The minimum absolute atomic E-state index is 0.440. The summed E-state index contributed by atoms with van der Waals surface area (Å²) in [5, 5.41) is 6.39. The first-order chi connectivity index (χ1) is 12.9. The molecule has 1 heterocycles. The van der Waals surface area contributed by atoms with E-state index in [1.165, 1.54) is 0 Å². The molecule has 3 rings (SSSR count). The number of aromatic nitrogens is 2. The average molecular weight is 443 g/mol. The first-order valence-electron chi connectivity index (χ1n) is 8.00. The molecule has 27 heavy (non-hydrogen) atoms. The van der Waals surface area contributed by atoms with Crippen LogP contribution in [0.4, 0.5) is 0 Å². The summed E-state index contributed by atoms with van der Waals surface area (Å²) in [5.74, 6) is 0. The van der Waals surface area contributed by atoms with Gasteiger partial charge in [0.15, 0.2) is 6.10 Å². The zero-order chi connectivity index (χ0) is 19.4. The molecule has 2 aromatic carbocycles. The molecule has 0 aliphatic rings. The molecule has 1 unspecified atom stereocenters. The van der Waals surface area contributed by atoms with Crippen LogP contribution < -0.4 is 0 Å². The Hall–Kier alpha value is -1.72. The smallest absolute Gasteiger partial charge is 0.171 e. The molecule has 0 aliphatic carbocycles. The molecule has 0 radical (unpaired) electrons. The summed E-state index contributed by atoms with van der Waals surface area (Å²) in [7, 11) is 0. The van der Waals surface area contributed by atoms with Gasteiger partial charge in [0, 0.05) is 38.6 Å². The number of oxime groups is 1. The van der Waals surface area contributed by atoms with E-state index in [0.29, 0.717) is 32.3 Å². The van der Waals surface area contributed by atoms with Gasteiger partial charge in [-0.05, 0) is 31.2 Å². The maximum Gasteiger partial charge on any atom is 0.171 e. The molecule has 8 heteroatoms. The van der Waals surface area contributed by atoms with Crippen molar-refractivity contribution in [3.8, 4) is 0 Å². The van der Waals surface area contributed by atoms with Crippen molar-refractivity contribution in [2.45, 2.75) is 19.6 Å². The van der Waals surface area contributed by atoms with Crippen molar-refractivity contribution in [3.05, 3.63) is 86.3 Å². The molecule has 0 aliphatic heterocycles. The van der Waals surface area contributed by atoms with E-state index in [1.54, 1.807) is 42.9 Å². The Morgan fingerprint density at radius 3 is 2.41 bits per heavy atom. The van der Waals surface area contributed by atoms with E-state index < -0.39 is 6.10 Å². The molecular weight excluding hydrogens is 428 g/mol. The van der Waals surface area contributed by atoms with Gasteiger partial charge < -0.3 is 9.40 Å². The Morgan fingerprint density at radius 2 is 1.78 bits per heavy atom. The lowest BCUT2D eigenvalue weighted by atomic mass is 10.1. The van der Waals surface area contributed by atoms with Crippen LogP contribution in [0.3, 0.4) is 0 Å². The lowest BCUT2D eigenvalue weighted by molar-refractivity contribution is 0.0457. The maximum absolute atomic E-state index is 6.37. The summed E-state index contributed by atoms with van der Waals surface area (Å²) >= 11 is 24.6. The van der Waals surface area contributed by atoms with Crippen molar-refractivity contribution < 1.29 is 4.84 Å². The van der Waals surface area contributed by atoms with Crippen LogP contribution >= 0.6 is 46.4 Å². The second kappa shape index (κ2) is 8.98. The highest BCUT2D eigenvalue weighted by Gasteiger charge is 2.18. The van der Waals surface area contributed by atoms with Gasteiger partial charge in [-0.15, -0.1) is 0 Å².